The number of methoxy groups -OCH3 is 1. The van der Waals surface area contributed by atoms with Crippen molar-refractivity contribution in [2.24, 2.45) is 11.8 Å². The molecule has 3 rings (SSSR count). The first-order valence-corrected chi connectivity index (χ1v) is 10.5. The van der Waals surface area contributed by atoms with E-state index in [1.54, 1.807) is 26.0 Å². The molecule has 2 aliphatic rings. The lowest BCUT2D eigenvalue weighted by atomic mass is 9.81. The zero-order valence-electron chi connectivity index (χ0n) is 17.6. The fourth-order valence-corrected chi connectivity index (χ4v) is 4.60. The molecule has 0 amide bonds. The Morgan fingerprint density at radius 3 is 2.60 bits per heavy atom. The van der Waals surface area contributed by atoms with Crippen molar-refractivity contribution in [2.75, 3.05) is 13.7 Å². The highest BCUT2D eigenvalue weighted by molar-refractivity contribution is 6.36. The molecule has 8 heteroatoms. The Hall–Kier alpha value is -1.89. The number of benzene rings is 1. The molecule has 0 saturated carbocycles. The molecule has 1 aromatic rings. The van der Waals surface area contributed by atoms with Crippen LogP contribution in [0.1, 0.15) is 56.1 Å². The number of fused-ring (bicyclic) bond motifs is 2. The first-order valence-electron chi connectivity index (χ1n) is 9.73. The highest BCUT2D eigenvalue weighted by atomic mass is 35.5. The SMILES string of the molecule is COc1c([C@@H](O)CC(C)C)ccc2c1C(=O)OCC1C(Cl)=C(C)C(Cl)=C(O)C1(C)O2. The number of esters is 1. The summed E-state index contributed by atoms with van der Waals surface area (Å²) < 4.78 is 17.2. The molecule has 1 aliphatic heterocycles. The summed E-state index contributed by atoms with van der Waals surface area (Å²) in [5, 5.41) is 21.9. The highest BCUT2D eigenvalue weighted by Crippen LogP contribution is 2.49. The van der Waals surface area contributed by atoms with Crippen LogP contribution >= 0.6 is 23.2 Å². The van der Waals surface area contributed by atoms with Crippen LogP contribution in [-0.2, 0) is 4.74 Å². The number of hydrogen-bond acceptors (Lipinski definition) is 6. The van der Waals surface area contributed by atoms with Gasteiger partial charge in [-0.2, -0.15) is 0 Å². The predicted molar refractivity (Wildman–Crippen MR) is 114 cm³/mol. The Balaban J connectivity index is 2.16. The lowest BCUT2D eigenvalue weighted by molar-refractivity contribution is -0.0125. The van der Waals surface area contributed by atoms with Gasteiger partial charge >= 0.3 is 5.97 Å². The second-order valence-electron chi connectivity index (χ2n) is 8.20. The fourth-order valence-electron chi connectivity index (χ4n) is 3.89. The standard InChI is InChI=1S/C22H26Cl2O6/c1-10(2)8-14(25)12-6-7-15-16(19(12)28-5)21(27)29-9-13-17(23)11(3)18(24)20(26)22(13,4)30-15/h6-7,10,13-14,25-26H,8-9H2,1-5H3/t13?,14-,22?/m0/s1. The number of carbonyl (C=O) groups excluding carboxylic acids is 1. The molecule has 1 aromatic carbocycles. The molecule has 2 N–H and O–H groups in total. The van der Waals surface area contributed by atoms with E-state index in [1.807, 2.05) is 13.8 Å². The van der Waals surface area contributed by atoms with E-state index < -0.39 is 23.6 Å². The number of cyclic esters (lactones) is 1. The van der Waals surface area contributed by atoms with Gasteiger partial charge in [0.05, 0.1) is 24.2 Å². The van der Waals surface area contributed by atoms with Crippen molar-refractivity contribution in [1.29, 1.82) is 0 Å². The zero-order valence-corrected chi connectivity index (χ0v) is 19.1. The average molecular weight is 457 g/mol. The number of ether oxygens (including phenoxy) is 3. The van der Waals surface area contributed by atoms with E-state index in [9.17, 15) is 15.0 Å². The van der Waals surface area contributed by atoms with Gasteiger partial charge in [0.1, 0.15) is 23.7 Å². The van der Waals surface area contributed by atoms with Crippen molar-refractivity contribution in [1.82, 2.24) is 0 Å². The number of aliphatic hydroxyl groups is 2. The van der Waals surface area contributed by atoms with Gasteiger partial charge in [-0.05, 0) is 43.9 Å². The smallest absolute Gasteiger partial charge is 0.345 e. The lowest BCUT2D eigenvalue weighted by Crippen LogP contribution is -2.49. The van der Waals surface area contributed by atoms with Crippen molar-refractivity contribution in [3.63, 3.8) is 0 Å². The van der Waals surface area contributed by atoms with Gasteiger partial charge in [0.2, 0.25) is 0 Å². The third kappa shape index (κ3) is 3.66. The Morgan fingerprint density at radius 1 is 1.33 bits per heavy atom. The minimum Gasteiger partial charge on any atom is -0.507 e. The third-order valence-electron chi connectivity index (χ3n) is 5.65. The first-order chi connectivity index (χ1) is 14.0. The van der Waals surface area contributed by atoms with Crippen molar-refractivity contribution in [3.8, 4) is 11.5 Å². The molecule has 6 nitrogen and oxygen atoms in total. The molecule has 164 valence electrons. The van der Waals surface area contributed by atoms with E-state index in [2.05, 4.69) is 0 Å². The fraction of sp³-hybridized carbons (Fsp3) is 0.500. The van der Waals surface area contributed by atoms with Gasteiger partial charge in [0.25, 0.3) is 0 Å². The molecule has 0 bridgehead atoms. The van der Waals surface area contributed by atoms with E-state index in [1.165, 1.54) is 7.11 Å². The second kappa shape index (κ2) is 8.33. The Labute approximate surface area is 186 Å². The molecule has 30 heavy (non-hydrogen) atoms. The molecule has 2 unspecified atom stereocenters. The number of hydrogen-bond donors (Lipinski definition) is 2. The minimum atomic E-state index is -1.35. The normalized spacial score (nSPS) is 25.1. The number of allylic oxidation sites excluding steroid dienone is 2. The van der Waals surface area contributed by atoms with Crippen LogP contribution < -0.4 is 9.47 Å². The number of halogens is 2. The lowest BCUT2D eigenvalue weighted by Gasteiger charge is -2.42. The summed E-state index contributed by atoms with van der Waals surface area (Å²) in [5.74, 6) is -0.942. The Morgan fingerprint density at radius 2 is 2.00 bits per heavy atom. The quantitative estimate of drug-likeness (QED) is 0.602. The maximum absolute atomic E-state index is 12.9. The molecule has 0 spiro atoms. The van der Waals surface area contributed by atoms with Crippen molar-refractivity contribution < 1.29 is 29.2 Å². The van der Waals surface area contributed by atoms with Crippen molar-refractivity contribution in [2.45, 2.75) is 45.8 Å². The second-order valence-corrected chi connectivity index (χ2v) is 8.99. The van der Waals surface area contributed by atoms with Crippen LogP contribution in [0, 0.1) is 11.8 Å². The molecular formula is C22H26Cl2O6. The third-order valence-corrected chi connectivity index (χ3v) is 6.66. The monoisotopic (exact) mass is 456 g/mol. The van der Waals surface area contributed by atoms with Crippen LogP contribution in [0.2, 0.25) is 0 Å². The average Bonchev–Trinajstić information content (AvgIpc) is 2.68. The molecule has 1 aliphatic carbocycles. The van der Waals surface area contributed by atoms with Gasteiger partial charge in [0.15, 0.2) is 11.4 Å². The largest absolute Gasteiger partial charge is 0.507 e. The number of carbonyl (C=O) groups is 1. The van der Waals surface area contributed by atoms with Gasteiger partial charge in [-0.15, -0.1) is 0 Å². The summed E-state index contributed by atoms with van der Waals surface area (Å²) >= 11 is 12.8. The van der Waals surface area contributed by atoms with Gasteiger partial charge in [0, 0.05) is 10.6 Å². The molecular weight excluding hydrogens is 431 g/mol. The van der Waals surface area contributed by atoms with Gasteiger partial charge < -0.3 is 24.4 Å². The molecule has 0 aromatic heterocycles. The molecule has 1 heterocycles. The maximum Gasteiger partial charge on any atom is 0.345 e. The van der Waals surface area contributed by atoms with Crippen molar-refractivity contribution in [3.05, 3.63) is 44.7 Å². The molecule has 0 radical (unpaired) electrons. The van der Waals surface area contributed by atoms with Crippen LogP contribution in [0.3, 0.4) is 0 Å². The first kappa shape index (κ1) is 22.8. The van der Waals surface area contributed by atoms with Crippen LogP contribution in [0.5, 0.6) is 11.5 Å². The summed E-state index contributed by atoms with van der Waals surface area (Å²) in [6.07, 6.45) is -0.340. The Bertz CT molecular complexity index is 936. The van der Waals surface area contributed by atoms with E-state index in [-0.39, 0.29) is 40.4 Å². The van der Waals surface area contributed by atoms with Gasteiger partial charge in [-0.1, -0.05) is 37.0 Å². The molecule has 3 atom stereocenters. The summed E-state index contributed by atoms with van der Waals surface area (Å²) in [4.78, 5) is 12.9. The van der Waals surface area contributed by atoms with Crippen LogP contribution in [0.15, 0.2) is 33.5 Å². The van der Waals surface area contributed by atoms with Crippen molar-refractivity contribution >= 4 is 29.2 Å². The summed E-state index contributed by atoms with van der Waals surface area (Å²) in [7, 11) is 1.41. The summed E-state index contributed by atoms with van der Waals surface area (Å²) in [6.45, 7) is 7.17. The zero-order chi connectivity index (χ0) is 22.4. The molecule has 0 saturated heterocycles. The van der Waals surface area contributed by atoms with Crippen LogP contribution in [0.4, 0.5) is 0 Å². The van der Waals surface area contributed by atoms with Gasteiger partial charge in [-0.3, -0.25) is 0 Å². The molecule has 0 fully saturated rings. The van der Waals surface area contributed by atoms with E-state index in [0.29, 0.717) is 22.6 Å². The minimum absolute atomic E-state index is 0.0452. The van der Waals surface area contributed by atoms with E-state index in [0.717, 1.165) is 0 Å². The maximum atomic E-state index is 12.9. The summed E-state index contributed by atoms with van der Waals surface area (Å²) in [5.41, 5.74) is -0.345. The number of aliphatic hydroxyl groups excluding tert-OH is 2. The van der Waals surface area contributed by atoms with Crippen LogP contribution in [0.25, 0.3) is 0 Å². The van der Waals surface area contributed by atoms with Crippen LogP contribution in [-0.4, -0.2) is 35.5 Å². The Kier molecular flexibility index (Phi) is 6.33. The topological polar surface area (TPSA) is 85.2 Å². The summed E-state index contributed by atoms with van der Waals surface area (Å²) in [6, 6.07) is 3.21. The van der Waals surface area contributed by atoms with E-state index >= 15 is 0 Å². The predicted octanol–water partition coefficient (Wildman–Crippen LogP) is 5.23. The highest BCUT2D eigenvalue weighted by Gasteiger charge is 2.50. The number of rotatable bonds is 4. The van der Waals surface area contributed by atoms with Gasteiger partial charge in [-0.25, -0.2) is 4.79 Å². The van der Waals surface area contributed by atoms with E-state index in [4.69, 9.17) is 37.4 Å².